The predicted molar refractivity (Wildman–Crippen MR) is 126 cm³/mol. The third kappa shape index (κ3) is 6.29. The van der Waals surface area contributed by atoms with Gasteiger partial charge in [0, 0.05) is 11.9 Å². The normalized spacial score (nSPS) is 10.6. The first-order chi connectivity index (χ1) is 15.5. The van der Waals surface area contributed by atoms with Gasteiger partial charge >= 0.3 is 0 Å². The second kappa shape index (κ2) is 11.3. The van der Waals surface area contributed by atoms with E-state index in [0.717, 1.165) is 0 Å². The molecular weight excluding hydrogens is 500 g/mol. The standard InChI is InChI=1S/C22H18BrClN4O4/c1-31-18-11-14(12-26-28-22(30)16-8-5-9-25-21(16)24)10-17(23)20(18)32-13-19(29)27-15-6-3-2-4-7-15/h2-12H,13H2,1H3,(H,27,29)(H,28,30). The van der Waals surface area contributed by atoms with Crippen molar-refractivity contribution in [1.29, 1.82) is 0 Å². The van der Waals surface area contributed by atoms with Gasteiger partial charge in [0.05, 0.1) is 23.4 Å². The van der Waals surface area contributed by atoms with Crippen LogP contribution in [0.3, 0.4) is 0 Å². The minimum atomic E-state index is -0.491. The Morgan fingerprint density at radius 3 is 2.69 bits per heavy atom. The van der Waals surface area contributed by atoms with Crippen LogP contribution in [0.25, 0.3) is 0 Å². The van der Waals surface area contributed by atoms with Gasteiger partial charge in [-0.25, -0.2) is 10.4 Å². The summed E-state index contributed by atoms with van der Waals surface area (Å²) in [7, 11) is 1.48. The van der Waals surface area contributed by atoms with Crippen LogP contribution in [0.15, 0.2) is 70.4 Å². The molecule has 2 amide bonds. The van der Waals surface area contributed by atoms with Crippen LogP contribution in [-0.2, 0) is 4.79 Å². The molecule has 1 heterocycles. The van der Waals surface area contributed by atoms with Gasteiger partial charge in [-0.05, 0) is 57.9 Å². The number of amides is 2. The molecule has 0 radical (unpaired) electrons. The highest BCUT2D eigenvalue weighted by Gasteiger charge is 2.14. The topological polar surface area (TPSA) is 102 Å². The quantitative estimate of drug-likeness (QED) is 0.264. The molecule has 8 nitrogen and oxygen atoms in total. The van der Waals surface area contributed by atoms with Gasteiger partial charge in [-0.15, -0.1) is 0 Å². The molecule has 0 bridgehead atoms. The Kier molecular flexibility index (Phi) is 8.18. The second-order valence-electron chi connectivity index (χ2n) is 6.28. The Morgan fingerprint density at radius 1 is 1.19 bits per heavy atom. The smallest absolute Gasteiger partial charge is 0.274 e. The Labute approximate surface area is 197 Å². The zero-order chi connectivity index (χ0) is 22.9. The second-order valence-corrected chi connectivity index (χ2v) is 7.49. The van der Waals surface area contributed by atoms with E-state index in [1.54, 1.807) is 36.4 Å². The number of carbonyl (C=O) groups excluding carboxylic acids is 2. The van der Waals surface area contributed by atoms with E-state index in [1.807, 2.05) is 18.2 Å². The monoisotopic (exact) mass is 516 g/mol. The van der Waals surface area contributed by atoms with E-state index in [9.17, 15) is 9.59 Å². The van der Waals surface area contributed by atoms with E-state index in [1.165, 1.54) is 19.5 Å². The average molecular weight is 518 g/mol. The number of benzene rings is 2. The molecular formula is C22H18BrClN4O4. The number of aromatic nitrogens is 1. The molecule has 3 rings (SSSR count). The summed E-state index contributed by atoms with van der Waals surface area (Å²) in [6, 6.07) is 15.6. The van der Waals surface area contributed by atoms with Crippen molar-refractivity contribution >= 4 is 51.2 Å². The molecule has 0 saturated carbocycles. The molecule has 0 atom stereocenters. The summed E-state index contributed by atoms with van der Waals surface area (Å²) in [6.07, 6.45) is 2.92. The van der Waals surface area contributed by atoms with Crippen LogP contribution in [-0.4, -0.2) is 36.7 Å². The van der Waals surface area contributed by atoms with Crippen molar-refractivity contribution in [1.82, 2.24) is 10.4 Å². The van der Waals surface area contributed by atoms with Crippen molar-refractivity contribution in [3.05, 3.63) is 81.5 Å². The lowest BCUT2D eigenvalue weighted by atomic mass is 10.2. The fraction of sp³-hybridized carbons (Fsp3) is 0.0909. The number of methoxy groups -OCH3 is 1. The SMILES string of the molecule is COc1cc(C=NNC(=O)c2cccnc2Cl)cc(Br)c1OCC(=O)Nc1ccccc1. The first-order valence-electron chi connectivity index (χ1n) is 9.27. The Morgan fingerprint density at radius 2 is 1.97 bits per heavy atom. The minimum absolute atomic E-state index is 0.0856. The summed E-state index contributed by atoms with van der Waals surface area (Å²) in [5.74, 6) is -0.0589. The van der Waals surface area contributed by atoms with Gasteiger partial charge in [0.2, 0.25) is 0 Å². The van der Waals surface area contributed by atoms with Gasteiger partial charge in [0.1, 0.15) is 5.15 Å². The number of rotatable bonds is 8. The van der Waals surface area contributed by atoms with Gasteiger partial charge in [-0.2, -0.15) is 5.10 Å². The first kappa shape index (κ1) is 23.2. The number of hydrazone groups is 1. The lowest BCUT2D eigenvalue weighted by Crippen LogP contribution is -2.20. The van der Waals surface area contributed by atoms with Crippen LogP contribution in [0.2, 0.25) is 5.15 Å². The van der Waals surface area contributed by atoms with Crippen LogP contribution in [0, 0.1) is 0 Å². The lowest BCUT2D eigenvalue weighted by molar-refractivity contribution is -0.118. The summed E-state index contributed by atoms with van der Waals surface area (Å²) < 4.78 is 11.6. The molecule has 3 aromatic rings. The maximum absolute atomic E-state index is 12.1. The van der Waals surface area contributed by atoms with Gasteiger partial charge < -0.3 is 14.8 Å². The van der Waals surface area contributed by atoms with Crippen molar-refractivity contribution in [3.63, 3.8) is 0 Å². The Hall–Kier alpha value is -3.43. The van der Waals surface area contributed by atoms with Crippen LogP contribution in [0.5, 0.6) is 11.5 Å². The predicted octanol–water partition coefficient (Wildman–Crippen LogP) is 4.29. The third-order valence-electron chi connectivity index (χ3n) is 4.04. The molecule has 10 heteroatoms. The van der Waals surface area contributed by atoms with Gasteiger partial charge in [0.15, 0.2) is 18.1 Å². The largest absolute Gasteiger partial charge is 0.493 e. The molecule has 1 aromatic heterocycles. The summed E-state index contributed by atoms with van der Waals surface area (Å²) in [5, 5.41) is 6.76. The summed E-state index contributed by atoms with van der Waals surface area (Å²) >= 11 is 9.31. The molecule has 0 aliphatic rings. The first-order valence-corrected chi connectivity index (χ1v) is 10.4. The number of para-hydroxylation sites is 1. The fourth-order valence-corrected chi connectivity index (χ4v) is 3.37. The van der Waals surface area contributed by atoms with Crippen LogP contribution >= 0.6 is 27.5 Å². The van der Waals surface area contributed by atoms with Gasteiger partial charge in [-0.3, -0.25) is 9.59 Å². The van der Waals surface area contributed by atoms with Gasteiger partial charge in [-0.1, -0.05) is 29.8 Å². The molecule has 32 heavy (non-hydrogen) atoms. The molecule has 0 saturated heterocycles. The molecule has 0 spiro atoms. The average Bonchev–Trinajstić information content (AvgIpc) is 2.79. The minimum Gasteiger partial charge on any atom is -0.493 e. The number of ether oxygens (including phenoxy) is 2. The van der Waals surface area contributed by atoms with E-state index in [-0.39, 0.29) is 23.2 Å². The van der Waals surface area contributed by atoms with Crippen LogP contribution < -0.4 is 20.2 Å². The van der Waals surface area contributed by atoms with Gasteiger partial charge in [0.25, 0.3) is 11.8 Å². The van der Waals surface area contributed by atoms with Crippen molar-refractivity contribution in [2.24, 2.45) is 5.10 Å². The molecule has 0 aliphatic heterocycles. The Bertz CT molecular complexity index is 1140. The lowest BCUT2D eigenvalue weighted by Gasteiger charge is -2.13. The highest BCUT2D eigenvalue weighted by molar-refractivity contribution is 9.10. The number of nitrogens with one attached hydrogen (secondary N) is 2. The molecule has 2 aromatic carbocycles. The molecule has 0 aliphatic carbocycles. The molecule has 0 unspecified atom stereocenters. The number of hydrogen-bond donors (Lipinski definition) is 2. The van der Waals surface area contributed by atoms with Crippen molar-refractivity contribution in [2.45, 2.75) is 0 Å². The Balaban J connectivity index is 1.64. The van der Waals surface area contributed by atoms with E-state index >= 15 is 0 Å². The summed E-state index contributed by atoms with van der Waals surface area (Å²) in [4.78, 5) is 28.1. The number of hydrogen-bond acceptors (Lipinski definition) is 6. The summed E-state index contributed by atoms with van der Waals surface area (Å²) in [6.45, 7) is -0.209. The van der Waals surface area contributed by atoms with E-state index in [2.05, 4.69) is 36.8 Å². The maximum atomic E-state index is 12.1. The van der Waals surface area contributed by atoms with Crippen molar-refractivity contribution < 1.29 is 19.1 Å². The fourth-order valence-electron chi connectivity index (χ4n) is 2.59. The summed E-state index contributed by atoms with van der Waals surface area (Å²) in [5.41, 5.74) is 3.89. The van der Waals surface area contributed by atoms with Crippen molar-refractivity contribution in [3.8, 4) is 11.5 Å². The zero-order valence-electron chi connectivity index (χ0n) is 16.8. The third-order valence-corrected chi connectivity index (χ3v) is 4.93. The highest BCUT2D eigenvalue weighted by atomic mass is 79.9. The van der Waals surface area contributed by atoms with E-state index in [4.69, 9.17) is 21.1 Å². The molecule has 2 N–H and O–H groups in total. The molecule has 164 valence electrons. The van der Waals surface area contributed by atoms with E-state index in [0.29, 0.717) is 27.2 Å². The van der Waals surface area contributed by atoms with Crippen LogP contribution in [0.1, 0.15) is 15.9 Å². The van der Waals surface area contributed by atoms with Crippen LogP contribution in [0.4, 0.5) is 5.69 Å². The maximum Gasteiger partial charge on any atom is 0.274 e. The number of nitrogens with zero attached hydrogens (tertiary/aromatic N) is 2. The zero-order valence-corrected chi connectivity index (χ0v) is 19.2. The number of halogens is 2. The van der Waals surface area contributed by atoms with E-state index < -0.39 is 5.91 Å². The number of pyridine rings is 1. The highest BCUT2D eigenvalue weighted by Crippen LogP contribution is 2.36. The number of anilines is 1. The number of carbonyl (C=O) groups is 2. The molecule has 0 fully saturated rings. The van der Waals surface area contributed by atoms with Crippen molar-refractivity contribution in [2.75, 3.05) is 19.0 Å².